The van der Waals surface area contributed by atoms with E-state index in [2.05, 4.69) is 57.2 Å². The molecule has 0 aliphatic rings. The maximum Gasteiger partial charge on any atom is 0.534 e. The van der Waals surface area contributed by atoms with Gasteiger partial charge in [-0.2, -0.15) is 21.6 Å². The number of rotatable bonds is 8. The van der Waals surface area contributed by atoms with Crippen molar-refractivity contribution in [3.8, 4) is 23.0 Å². The molecular weight excluding hydrogens is 504 g/mol. The first-order valence-corrected chi connectivity index (χ1v) is 14.6. The number of ether oxygens (including phenoxy) is 2. The van der Waals surface area contributed by atoms with Crippen LogP contribution < -0.4 is 8.92 Å². The summed E-state index contributed by atoms with van der Waals surface area (Å²) >= 11 is 0. The maximum atomic E-state index is 15.2. The number of benzene rings is 2. The first-order chi connectivity index (χ1) is 16.1. The fraction of sp³-hybridized carbons (Fsp3) is 0.500. The van der Waals surface area contributed by atoms with Gasteiger partial charge in [-0.1, -0.05) is 59.6 Å². The Hall–Kier alpha value is -2.29. The molecule has 0 amide bonds. The summed E-state index contributed by atoms with van der Waals surface area (Å²) in [7, 11) is -7.04. The zero-order valence-corrected chi connectivity index (χ0v) is 22.5. The van der Waals surface area contributed by atoms with Gasteiger partial charge in [-0.25, -0.2) is 4.39 Å². The molecule has 0 fully saturated rings. The highest BCUT2D eigenvalue weighted by Gasteiger charge is 2.49. The van der Waals surface area contributed by atoms with Gasteiger partial charge in [-0.3, -0.25) is 0 Å². The fourth-order valence-corrected chi connectivity index (χ4v) is 10.2. The predicted molar refractivity (Wildman–Crippen MR) is 130 cm³/mol. The summed E-state index contributed by atoms with van der Waals surface area (Å²) in [5.41, 5.74) is -1.33. The van der Waals surface area contributed by atoms with Gasteiger partial charge in [-0.05, 0) is 22.7 Å². The average Bonchev–Trinajstić information content (AvgIpc) is 2.73. The molecule has 2 rings (SSSR count). The van der Waals surface area contributed by atoms with Crippen molar-refractivity contribution in [3.05, 3.63) is 35.6 Å². The van der Waals surface area contributed by atoms with Crippen molar-refractivity contribution in [3.63, 3.8) is 0 Å². The SMILES string of the molecule is COCOc1cc(OS(=O)(=O)C(F)(F)F)c2c(C#C[Si](C(C)C)(C(C)C)C(C)C)cccc2c1F. The van der Waals surface area contributed by atoms with E-state index in [1.54, 1.807) is 0 Å². The van der Waals surface area contributed by atoms with Crippen LogP contribution in [0.2, 0.25) is 16.6 Å². The molecule has 2 aromatic carbocycles. The van der Waals surface area contributed by atoms with Gasteiger partial charge in [0.05, 0.1) is 0 Å². The molecule has 0 saturated heterocycles. The molecule has 0 aliphatic heterocycles. The van der Waals surface area contributed by atoms with E-state index in [-0.39, 0.29) is 33.0 Å². The molecule has 0 saturated carbocycles. The van der Waals surface area contributed by atoms with Crippen molar-refractivity contribution >= 4 is 29.0 Å². The second kappa shape index (κ2) is 10.8. The lowest BCUT2D eigenvalue weighted by Crippen LogP contribution is -2.43. The van der Waals surface area contributed by atoms with Gasteiger partial charge in [0.1, 0.15) is 8.07 Å². The van der Waals surface area contributed by atoms with Crippen molar-refractivity contribution < 1.29 is 39.6 Å². The van der Waals surface area contributed by atoms with Crippen LogP contribution in [0.1, 0.15) is 47.1 Å². The summed E-state index contributed by atoms with van der Waals surface area (Å²) in [6.45, 7) is 12.1. The van der Waals surface area contributed by atoms with Gasteiger partial charge >= 0.3 is 15.6 Å². The molecule has 11 heteroatoms. The van der Waals surface area contributed by atoms with Crippen LogP contribution in [0.15, 0.2) is 24.3 Å². The number of fused-ring (bicyclic) bond motifs is 1. The summed E-state index contributed by atoms with van der Waals surface area (Å²) < 4.78 is 92.5. The molecule has 0 unspecified atom stereocenters. The highest BCUT2D eigenvalue weighted by Crippen LogP contribution is 2.42. The van der Waals surface area contributed by atoms with E-state index in [0.29, 0.717) is 0 Å². The molecule has 0 bridgehead atoms. The standard InChI is InChI=1S/C24H30F4O5SSi/c1-15(2)35(16(3)4,17(5)6)12-11-18-9-8-10-19-22(18)20(33-34(29,30)24(26,27)28)13-21(23(19)25)32-14-31-7/h8-10,13,15-17H,14H2,1-7H3. The predicted octanol–water partition coefficient (Wildman–Crippen LogP) is 6.76. The molecule has 194 valence electrons. The summed E-state index contributed by atoms with van der Waals surface area (Å²) in [6, 6.07) is 5.04. The van der Waals surface area contributed by atoms with E-state index in [1.165, 1.54) is 25.3 Å². The lowest BCUT2D eigenvalue weighted by atomic mass is 10.0. The number of methoxy groups -OCH3 is 1. The van der Waals surface area contributed by atoms with Gasteiger partial charge in [0, 0.05) is 29.5 Å². The first-order valence-electron chi connectivity index (χ1n) is 11.0. The topological polar surface area (TPSA) is 61.8 Å². The number of hydrogen-bond acceptors (Lipinski definition) is 5. The lowest BCUT2D eigenvalue weighted by Gasteiger charge is -2.38. The van der Waals surface area contributed by atoms with Crippen molar-refractivity contribution in [2.45, 2.75) is 63.7 Å². The maximum absolute atomic E-state index is 15.2. The van der Waals surface area contributed by atoms with E-state index < -0.39 is 47.8 Å². The summed E-state index contributed by atoms with van der Waals surface area (Å²) in [5, 5.41) is -0.377. The van der Waals surface area contributed by atoms with Crippen molar-refractivity contribution in [1.29, 1.82) is 0 Å². The lowest BCUT2D eigenvalue weighted by molar-refractivity contribution is -0.0499. The average molecular weight is 535 g/mol. The minimum atomic E-state index is -6.04. The molecule has 0 spiro atoms. The van der Waals surface area contributed by atoms with Gasteiger partial charge < -0.3 is 13.7 Å². The molecular formula is C24H30F4O5SSi. The third-order valence-electron chi connectivity index (χ3n) is 6.12. The van der Waals surface area contributed by atoms with Gasteiger partial charge in [0.25, 0.3) is 0 Å². The van der Waals surface area contributed by atoms with E-state index in [0.717, 1.165) is 6.07 Å². The van der Waals surface area contributed by atoms with Crippen LogP contribution in [-0.4, -0.2) is 35.9 Å². The molecule has 0 N–H and O–H groups in total. The van der Waals surface area contributed by atoms with Crippen LogP contribution >= 0.6 is 0 Å². The summed E-state index contributed by atoms with van der Waals surface area (Å²) in [6.07, 6.45) is 0. The quantitative estimate of drug-likeness (QED) is 0.0935. The largest absolute Gasteiger partial charge is 0.534 e. The van der Waals surface area contributed by atoms with Gasteiger partial charge in [0.2, 0.25) is 0 Å². The second-order valence-electron chi connectivity index (χ2n) is 9.10. The molecule has 5 nitrogen and oxygen atoms in total. The van der Waals surface area contributed by atoms with E-state index in [1.807, 2.05) is 0 Å². The third-order valence-corrected chi connectivity index (χ3v) is 13.4. The number of halogens is 4. The summed E-state index contributed by atoms with van der Waals surface area (Å²) in [4.78, 5) is 0. The summed E-state index contributed by atoms with van der Waals surface area (Å²) in [5.74, 6) is 0.889. The zero-order chi connectivity index (χ0) is 26.8. The molecule has 0 radical (unpaired) electrons. The molecule has 0 aromatic heterocycles. The Kier molecular flexibility index (Phi) is 8.90. The Labute approximate surface area is 204 Å². The minimum absolute atomic E-state index is 0.158. The van der Waals surface area contributed by atoms with Crippen LogP contribution in [0, 0.1) is 17.3 Å². The Morgan fingerprint density at radius 3 is 2.06 bits per heavy atom. The third kappa shape index (κ3) is 5.76. The van der Waals surface area contributed by atoms with Crippen LogP contribution in [-0.2, 0) is 14.9 Å². The van der Waals surface area contributed by atoms with Crippen LogP contribution in [0.3, 0.4) is 0 Å². The van der Waals surface area contributed by atoms with Crippen LogP contribution in [0.5, 0.6) is 11.5 Å². The molecule has 0 atom stereocenters. The number of hydrogen-bond donors (Lipinski definition) is 0. The normalized spacial score (nSPS) is 12.9. The smallest absolute Gasteiger partial charge is 0.464 e. The highest BCUT2D eigenvalue weighted by atomic mass is 32.2. The van der Waals surface area contributed by atoms with Crippen molar-refractivity contribution in [2.24, 2.45) is 0 Å². The second-order valence-corrected chi connectivity index (χ2v) is 16.2. The van der Waals surface area contributed by atoms with Crippen molar-refractivity contribution in [1.82, 2.24) is 0 Å². The molecule has 0 heterocycles. The Morgan fingerprint density at radius 1 is 1.00 bits per heavy atom. The molecule has 2 aromatic rings. The minimum Gasteiger partial charge on any atom is -0.464 e. The molecule has 0 aliphatic carbocycles. The highest BCUT2D eigenvalue weighted by molar-refractivity contribution is 7.88. The monoisotopic (exact) mass is 534 g/mol. The zero-order valence-electron chi connectivity index (χ0n) is 20.7. The van der Waals surface area contributed by atoms with Crippen LogP contribution in [0.25, 0.3) is 10.8 Å². The Balaban J connectivity index is 2.90. The van der Waals surface area contributed by atoms with Crippen LogP contribution in [0.4, 0.5) is 17.6 Å². The Morgan fingerprint density at radius 2 is 1.57 bits per heavy atom. The first kappa shape index (κ1) is 28.9. The Bertz CT molecular complexity index is 1210. The van der Waals surface area contributed by atoms with E-state index in [9.17, 15) is 21.6 Å². The van der Waals surface area contributed by atoms with Crippen molar-refractivity contribution in [2.75, 3.05) is 13.9 Å². The van der Waals surface area contributed by atoms with Gasteiger partial charge in [-0.15, -0.1) is 5.54 Å². The van der Waals surface area contributed by atoms with Gasteiger partial charge in [0.15, 0.2) is 24.1 Å². The molecule has 35 heavy (non-hydrogen) atoms. The fourth-order valence-electron chi connectivity index (χ4n) is 4.56. The van der Waals surface area contributed by atoms with E-state index >= 15 is 4.39 Å². The number of alkyl halides is 3. The van der Waals surface area contributed by atoms with E-state index in [4.69, 9.17) is 9.47 Å².